The molecule has 3 saturated heterocycles. The summed E-state index contributed by atoms with van der Waals surface area (Å²) < 4.78 is 5.44. The third kappa shape index (κ3) is 3.77. The topological polar surface area (TPSA) is 93.8 Å². The molecule has 204 valence electrons. The number of nitrogens with one attached hydrogen (secondary N) is 2. The number of carbonyl (C=O) groups excluding carboxylic acids is 2. The highest BCUT2D eigenvalue weighted by Gasteiger charge is 2.66. The molecule has 4 aliphatic heterocycles. The third-order valence-electron chi connectivity index (χ3n) is 9.36. The van der Waals surface area contributed by atoms with Crippen molar-refractivity contribution in [3.8, 4) is 5.75 Å². The SMILES string of the molecule is COc1ccc2n[nH]c(CN3CCCNC(=O)[C@H]4C[C@@H]5CCCN5[C@@]45C(=O)N(CCC3)c3ccccc35)c2c1. The molecule has 0 saturated carbocycles. The third-order valence-corrected chi connectivity index (χ3v) is 9.36. The molecule has 39 heavy (non-hydrogen) atoms. The highest BCUT2D eigenvalue weighted by Crippen LogP contribution is 2.57. The smallest absolute Gasteiger partial charge is 0.253 e. The second-order valence-electron chi connectivity index (χ2n) is 11.4. The van der Waals surface area contributed by atoms with Gasteiger partial charge in [0.1, 0.15) is 11.3 Å². The number of fused-ring (bicyclic) bond motifs is 5. The molecular formula is C30H36N6O3. The van der Waals surface area contributed by atoms with Gasteiger partial charge in [0.2, 0.25) is 5.91 Å². The van der Waals surface area contributed by atoms with Gasteiger partial charge < -0.3 is 15.0 Å². The summed E-state index contributed by atoms with van der Waals surface area (Å²) in [6.45, 7) is 4.51. The van der Waals surface area contributed by atoms with E-state index in [9.17, 15) is 9.59 Å². The maximum atomic E-state index is 14.5. The first-order valence-corrected chi connectivity index (χ1v) is 14.3. The average Bonchev–Trinajstić information content (AvgIpc) is 3.70. The highest BCUT2D eigenvalue weighted by atomic mass is 16.5. The molecule has 2 aromatic carbocycles. The zero-order valence-electron chi connectivity index (χ0n) is 22.5. The van der Waals surface area contributed by atoms with E-state index in [1.54, 1.807) is 7.11 Å². The van der Waals surface area contributed by atoms with Crippen LogP contribution in [-0.4, -0.2) is 77.7 Å². The van der Waals surface area contributed by atoms with Crippen molar-refractivity contribution in [3.63, 3.8) is 0 Å². The lowest BCUT2D eigenvalue weighted by Crippen LogP contribution is -2.56. The van der Waals surface area contributed by atoms with Gasteiger partial charge in [0.25, 0.3) is 5.91 Å². The van der Waals surface area contributed by atoms with Crippen molar-refractivity contribution in [2.75, 3.05) is 44.7 Å². The number of aromatic amines is 1. The Labute approximate surface area is 228 Å². The van der Waals surface area contributed by atoms with Crippen molar-refractivity contribution in [2.24, 2.45) is 5.92 Å². The Morgan fingerprint density at radius 3 is 2.82 bits per heavy atom. The number of carbonyl (C=O) groups is 2. The minimum Gasteiger partial charge on any atom is -0.497 e. The zero-order valence-corrected chi connectivity index (χ0v) is 22.5. The van der Waals surface area contributed by atoms with Gasteiger partial charge in [-0.2, -0.15) is 5.10 Å². The Morgan fingerprint density at radius 2 is 1.92 bits per heavy atom. The fraction of sp³-hybridized carbons (Fsp3) is 0.500. The van der Waals surface area contributed by atoms with Gasteiger partial charge >= 0.3 is 0 Å². The summed E-state index contributed by atoms with van der Waals surface area (Å²) in [6.07, 6.45) is 4.59. The fourth-order valence-electron chi connectivity index (χ4n) is 7.66. The average molecular weight is 529 g/mol. The van der Waals surface area contributed by atoms with Gasteiger partial charge in [0.05, 0.1) is 24.2 Å². The first-order chi connectivity index (χ1) is 19.1. The number of nitrogens with zero attached hydrogens (tertiary/aromatic N) is 4. The van der Waals surface area contributed by atoms with E-state index in [0.29, 0.717) is 25.7 Å². The molecular weight excluding hydrogens is 492 g/mol. The van der Waals surface area contributed by atoms with Crippen molar-refractivity contribution < 1.29 is 14.3 Å². The molecule has 1 spiro atoms. The van der Waals surface area contributed by atoms with Crippen LogP contribution in [-0.2, 0) is 21.7 Å². The van der Waals surface area contributed by atoms with Gasteiger partial charge in [0, 0.05) is 55.4 Å². The number of H-pyrrole nitrogens is 1. The van der Waals surface area contributed by atoms with Gasteiger partial charge in [-0.3, -0.25) is 24.5 Å². The Morgan fingerprint density at radius 1 is 1.05 bits per heavy atom. The lowest BCUT2D eigenvalue weighted by atomic mass is 9.78. The van der Waals surface area contributed by atoms with Crippen LogP contribution in [0.15, 0.2) is 42.5 Å². The quantitative estimate of drug-likeness (QED) is 0.543. The van der Waals surface area contributed by atoms with Crippen LogP contribution in [0.2, 0.25) is 0 Å². The maximum absolute atomic E-state index is 14.5. The molecule has 3 atom stereocenters. The van der Waals surface area contributed by atoms with Gasteiger partial charge in [-0.05, 0) is 62.9 Å². The summed E-state index contributed by atoms with van der Waals surface area (Å²) in [5, 5.41) is 12.0. The van der Waals surface area contributed by atoms with E-state index in [4.69, 9.17) is 4.74 Å². The second kappa shape index (κ2) is 9.64. The minimum atomic E-state index is -0.872. The number of ether oxygens (including phenoxy) is 1. The lowest BCUT2D eigenvalue weighted by molar-refractivity contribution is -0.138. The van der Waals surface area contributed by atoms with Crippen LogP contribution in [0.3, 0.4) is 0 Å². The number of para-hydroxylation sites is 1. The van der Waals surface area contributed by atoms with Gasteiger partial charge in [-0.15, -0.1) is 0 Å². The maximum Gasteiger partial charge on any atom is 0.253 e. The van der Waals surface area contributed by atoms with E-state index in [1.807, 2.05) is 35.2 Å². The molecule has 3 aromatic rings. The van der Waals surface area contributed by atoms with Gasteiger partial charge in [-0.1, -0.05) is 18.2 Å². The van der Waals surface area contributed by atoms with Gasteiger partial charge in [0.15, 0.2) is 0 Å². The summed E-state index contributed by atoms with van der Waals surface area (Å²) in [5.41, 5.74) is 3.09. The number of hydrogen-bond donors (Lipinski definition) is 2. The molecule has 2 amide bonds. The molecule has 4 aliphatic rings. The van der Waals surface area contributed by atoms with Crippen LogP contribution in [0.4, 0.5) is 5.69 Å². The molecule has 1 aromatic heterocycles. The van der Waals surface area contributed by atoms with Crippen LogP contribution >= 0.6 is 0 Å². The Balaban J connectivity index is 1.19. The second-order valence-corrected chi connectivity index (χ2v) is 11.4. The number of amides is 2. The normalized spacial score (nSPS) is 27.9. The molecule has 0 unspecified atom stereocenters. The summed E-state index contributed by atoms with van der Waals surface area (Å²) in [7, 11) is 1.67. The number of anilines is 1. The number of rotatable bonds is 3. The Hall–Kier alpha value is -3.43. The zero-order chi connectivity index (χ0) is 26.6. The van der Waals surface area contributed by atoms with Crippen LogP contribution in [0.25, 0.3) is 10.9 Å². The molecule has 2 bridgehead atoms. The van der Waals surface area contributed by atoms with Crippen LogP contribution in [0, 0.1) is 5.92 Å². The van der Waals surface area contributed by atoms with E-state index in [0.717, 1.165) is 85.3 Å². The van der Waals surface area contributed by atoms with E-state index in [2.05, 4.69) is 37.4 Å². The van der Waals surface area contributed by atoms with Crippen LogP contribution < -0.4 is 15.0 Å². The van der Waals surface area contributed by atoms with Gasteiger partial charge in [-0.25, -0.2) is 0 Å². The molecule has 9 nitrogen and oxygen atoms in total. The largest absolute Gasteiger partial charge is 0.497 e. The first-order valence-electron chi connectivity index (χ1n) is 14.3. The summed E-state index contributed by atoms with van der Waals surface area (Å²) in [5.74, 6) is 0.561. The minimum absolute atomic E-state index is 0.0202. The van der Waals surface area contributed by atoms with E-state index in [1.165, 1.54) is 0 Å². The molecule has 0 radical (unpaired) electrons. The molecule has 7 rings (SSSR count). The number of methoxy groups -OCH3 is 1. The van der Waals surface area contributed by atoms with Crippen molar-refractivity contribution in [1.82, 2.24) is 25.3 Å². The highest BCUT2D eigenvalue weighted by molar-refractivity contribution is 6.10. The van der Waals surface area contributed by atoms with Crippen molar-refractivity contribution >= 4 is 28.4 Å². The molecule has 9 heteroatoms. The summed E-state index contributed by atoms with van der Waals surface area (Å²) >= 11 is 0. The Bertz CT molecular complexity index is 1420. The fourth-order valence-corrected chi connectivity index (χ4v) is 7.66. The van der Waals surface area contributed by atoms with Crippen molar-refractivity contribution in [3.05, 3.63) is 53.7 Å². The summed E-state index contributed by atoms with van der Waals surface area (Å²) in [4.78, 5) is 35.0. The lowest BCUT2D eigenvalue weighted by Gasteiger charge is -2.37. The Kier molecular flexibility index (Phi) is 6.08. The van der Waals surface area contributed by atoms with Crippen molar-refractivity contribution in [2.45, 2.75) is 50.2 Å². The first kappa shape index (κ1) is 24.6. The van der Waals surface area contributed by atoms with Crippen LogP contribution in [0.1, 0.15) is 43.4 Å². The summed E-state index contributed by atoms with van der Waals surface area (Å²) in [6, 6.07) is 14.4. The number of benzene rings is 2. The van der Waals surface area contributed by atoms with E-state index in [-0.39, 0.29) is 17.7 Å². The monoisotopic (exact) mass is 528 g/mol. The van der Waals surface area contributed by atoms with Crippen LogP contribution in [0.5, 0.6) is 5.75 Å². The predicted molar refractivity (Wildman–Crippen MR) is 148 cm³/mol. The molecule has 0 aliphatic carbocycles. The number of aromatic nitrogens is 2. The van der Waals surface area contributed by atoms with E-state index >= 15 is 0 Å². The van der Waals surface area contributed by atoms with Crippen molar-refractivity contribution in [1.29, 1.82) is 0 Å². The van der Waals surface area contributed by atoms with E-state index < -0.39 is 5.54 Å². The molecule has 3 fully saturated rings. The predicted octanol–water partition coefficient (Wildman–Crippen LogP) is 3.01. The molecule has 5 heterocycles. The standard InChI is InChI=1S/C30H36N6O3/c1-39-21-10-11-25-22(18-21)26(33-32-25)19-34-13-5-12-31-28(37)24-17-20-7-4-16-36(20)30(24)23-8-2-3-9-27(23)35(29(30)38)15-6-14-34/h2-3,8-11,18,20,24H,4-7,12-17,19H2,1H3,(H,31,37)(H,32,33)/t20-,24+,30+/m0/s1. The number of hydrogen-bond acceptors (Lipinski definition) is 6. The molecule has 2 N–H and O–H groups in total.